The van der Waals surface area contributed by atoms with Crippen LogP contribution in [0.5, 0.6) is 5.75 Å². The van der Waals surface area contributed by atoms with Gasteiger partial charge in [0, 0.05) is 4.47 Å². The Morgan fingerprint density at radius 1 is 1.42 bits per heavy atom. The molecule has 1 aromatic carbocycles. The lowest BCUT2D eigenvalue weighted by Gasteiger charge is -2.02. The number of halogens is 1. The maximum Gasteiger partial charge on any atom is 0.119 e. The van der Waals surface area contributed by atoms with Crippen molar-refractivity contribution < 1.29 is 9.47 Å². The molecule has 12 heavy (non-hydrogen) atoms. The summed E-state index contributed by atoms with van der Waals surface area (Å²) >= 11 is 3.36. The third-order valence-corrected chi connectivity index (χ3v) is 2.18. The molecule has 0 spiro atoms. The van der Waals surface area contributed by atoms with E-state index in [1.54, 1.807) is 0 Å². The summed E-state index contributed by atoms with van der Waals surface area (Å²) in [6.45, 7) is 1.51. The van der Waals surface area contributed by atoms with Crippen LogP contribution in [0.2, 0.25) is 0 Å². The zero-order valence-corrected chi connectivity index (χ0v) is 8.08. The van der Waals surface area contributed by atoms with Gasteiger partial charge in [-0.05, 0) is 24.3 Å². The van der Waals surface area contributed by atoms with E-state index in [-0.39, 0.29) is 0 Å². The second kappa shape index (κ2) is 3.46. The molecule has 0 amide bonds. The first kappa shape index (κ1) is 8.08. The van der Waals surface area contributed by atoms with Crippen LogP contribution in [0.1, 0.15) is 0 Å². The van der Waals surface area contributed by atoms with Crippen LogP contribution in [0.3, 0.4) is 0 Å². The summed E-state index contributed by atoms with van der Waals surface area (Å²) in [5, 5.41) is 0. The van der Waals surface area contributed by atoms with Gasteiger partial charge in [-0.3, -0.25) is 0 Å². The number of ether oxygens (including phenoxy) is 2. The standard InChI is InChI=1S/C9H9BrO2/c10-7-1-3-8(4-2-7)11-5-9-6-12-9/h1-4,9H,5-6H2/t9-/m1/s1. The predicted molar refractivity (Wildman–Crippen MR) is 49.4 cm³/mol. The lowest BCUT2D eigenvalue weighted by Crippen LogP contribution is -2.03. The van der Waals surface area contributed by atoms with E-state index in [0.717, 1.165) is 16.8 Å². The molecule has 1 saturated heterocycles. The molecule has 2 rings (SSSR count). The van der Waals surface area contributed by atoms with E-state index in [1.165, 1.54) is 0 Å². The van der Waals surface area contributed by atoms with Crippen LogP contribution in [0.25, 0.3) is 0 Å². The Morgan fingerprint density at radius 2 is 2.08 bits per heavy atom. The Kier molecular flexibility index (Phi) is 2.33. The summed E-state index contributed by atoms with van der Waals surface area (Å²) in [4.78, 5) is 0. The van der Waals surface area contributed by atoms with Crippen LogP contribution in [0.4, 0.5) is 0 Å². The molecule has 64 valence electrons. The molecule has 1 aliphatic rings. The van der Waals surface area contributed by atoms with Gasteiger partial charge in [0.2, 0.25) is 0 Å². The third kappa shape index (κ3) is 2.22. The van der Waals surface area contributed by atoms with Crippen molar-refractivity contribution in [2.24, 2.45) is 0 Å². The SMILES string of the molecule is Brc1ccc(OC[C@@H]2CO2)cc1. The van der Waals surface area contributed by atoms with Gasteiger partial charge in [0.1, 0.15) is 18.5 Å². The van der Waals surface area contributed by atoms with Crippen molar-refractivity contribution in [1.29, 1.82) is 0 Å². The highest BCUT2D eigenvalue weighted by molar-refractivity contribution is 9.10. The number of rotatable bonds is 3. The van der Waals surface area contributed by atoms with E-state index in [0.29, 0.717) is 12.7 Å². The van der Waals surface area contributed by atoms with Gasteiger partial charge in [-0.25, -0.2) is 0 Å². The summed E-state index contributed by atoms with van der Waals surface area (Å²) in [6.07, 6.45) is 0.327. The summed E-state index contributed by atoms with van der Waals surface area (Å²) in [6, 6.07) is 7.80. The fraction of sp³-hybridized carbons (Fsp3) is 0.333. The minimum absolute atomic E-state index is 0.327. The van der Waals surface area contributed by atoms with Crippen LogP contribution in [-0.4, -0.2) is 19.3 Å². The van der Waals surface area contributed by atoms with Gasteiger partial charge in [-0.15, -0.1) is 0 Å². The minimum Gasteiger partial charge on any atom is -0.491 e. The molecule has 0 saturated carbocycles. The van der Waals surface area contributed by atoms with Crippen LogP contribution in [0, 0.1) is 0 Å². The maximum atomic E-state index is 5.44. The smallest absolute Gasteiger partial charge is 0.119 e. The second-order valence-electron chi connectivity index (χ2n) is 2.72. The van der Waals surface area contributed by atoms with Crippen molar-refractivity contribution in [1.82, 2.24) is 0 Å². The van der Waals surface area contributed by atoms with E-state index < -0.39 is 0 Å². The summed E-state index contributed by atoms with van der Waals surface area (Å²) in [5.41, 5.74) is 0. The fourth-order valence-electron chi connectivity index (χ4n) is 0.884. The van der Waals surface area contributed by atoms with E-state index in [2.05, 4.69) is 15.9 Å². The number of hydrogen-bond donors (Lipinski definition) is 0. The lowest BCUT2D eigenvalue weighted by atomic mass is 10.3. The minimum atomic E-state index is 0.327. The van der Waals surface area contributed by atoms with Gasteiger partial charge in [0.25, 0.3) is 0 Å². The van der Waals surface area contributed by atoms with E-state index >= 15 is 0 Å². The molecule has 1 heterocycles. The normalized spacial score (nSPS) is 20.6. The van der Waals surface area contributed by atoms with Crippen LogP contribution < -0.4 is 4.74 Å². The number of epoxide rings is 1. The van der Waals surface area contributed by atoms with E-state index in [9.17, 15) is 0 Å². The van der Waals surface area contributed by atoms with Crippen LogP contribution in [0.15, 0.2) is 28.7 Å². The van der Waals surface area contributed by atoms with Crippen molar-refractivity contribution in [3.8, 4) is 5.75 Å². The molecule has 0 N–H and O–H groups in total. The van der Waals surface area contributed by atoms with Crippen LogP contribution in [-0.2, 0) is 4.74 Å². The van der Waals surface area contributed by atoms with Gasteiger partial charge in [-0.1, -0.05) is 15.9 Å². The Hall–Kier alpha value is -0.540. The molecule has 2 nitrogen and oxygen atoms in total. The number of hydrogen-bond acceptors (Lipinski definition) is 2. The van der Waals surface area contributed by atoms with Crippen molar-refractivity contribution >= 4 is 15.9 Å². The summed E-state index contributed by atoms with van der Waals surface area (Å²) in [5.74, 6) is 0.897. The molecule has 0 bridgehead atoms. The van der Waals surface area contributed by atoms with Crippen LogP contribution >= 0.6 is 15.9 Å². The first-order valence-corrected chi connectivity index (χ1v) is 4.64. The largest absolute Gasteiger partial charge is 0.491 e. The molecule has 1 atom stereocenters. The summed E-state index contributed by atoms with van der Waals surface area (Å²) in [7, 11) is 0. The van der Waals surface area contributed by atoms with Gasteiger partial charge in [0.15, 0.2) is 0 Å². The lowest BCUT2D eigenvalue weighted by molar-refractivity contribution is 0.263. The molecule has 0 aliphatic carbocycles. The van der Waals surface area contributed by atoms with Gasteiger partial charge < -0.3 is 9.47 Å². The predicted octanol–water partition coefficient (Wildman–Crippen LogP) is 2.23. The Morgan fingerprint density at radius 3 is 2.67 bits per heavy atom. The third-order valence-electron chi connectivity index (χ3n) is 1.65. The van der Waals surface area contributed by atoms with E-state index in [4.69, 9.17) is 9.47 Å². The molecular weight excluding hydrogens is 220 g/mol. The van der Waals surface area contributed by atoms with Crippen molar-refractivity contribution in [2.45, 2.75) is 6.10 Å². The van der Waals surface area contributed by atoms with Gasteiger partial charge in [-0.2, -0.15) is 0 Å². The second-order valence-corrected chi connectivity index (χ2v) is 3.64. The number of benzene rings is 1. The summed E-state index contributed by atoms with van der Waals surface area (Å²) < 4.78 is 11.5. The first-order valence-electron chi connectivity index (χ1n) is 3.84. The zero-order chi connectivity index (χ0) is 8.39. The Balaban J connectivity index is 1.89. The molecule has 1 aromatic rings. The maximum absolute atomic E-state index is 5.44. The average molecular weight is 229 g/mol. The average Bonchev–Trinajstić information content (AvgIpc) is 2.87. The molecule has 3 heteroatoms. The molecule has 0 radical (unpaired) electrons. The highest BCUT2D eigenvalue weighted by Gasteiger charge is 2.22. The van der Waals surface area contributed by atoms with Gasteiger partial charge >= 0.3 is 0 Å². The van der Waals surface area contributed by atoms with Gasteiger partial charge in [0.05, 0.1) is 6.61 Å². The van der Waals surface area contributed by atoms with E-state index in [1.807, 2.05) is 24.3 Å². The topological polar surface area (TPSA) is 21.8 Å². The molecule has 1 fully saturated rings. The molecule has 0 unspecified atom stereocenters. The Labute approximate surface area is 79.6 Å². The monoisotopic (exact) mass is 228 g/mol. The first-order chi connectivity index (χ1) is 5.84. The highest BCUT2D eigenvalue weighted by atomic mass is 79.9. The molecule has 0 aromatic heterocycles. The van der Waals surface area contributed by atoms with Crippen molar-refractivity contribution in [2.75, 3.05) is 13.2 Å². The van der Waals surface area contributed by atoms with Crippen molar-refractivity contribution in [3.63, 3.8) is 0 Å². The quantitative estimate of drug-likeness (QED) is 0.741. The molecule has 1 aliphatic heterocycles. The molecular formula is C9H9BrO2. The zero-order valence-electron chi connectivity index (χ0n) is 6.50. The Bertz CT molecular complexity index is 254. The van der Waals surface area contributed by atoms with Crippen molar-refractivity contribution in [3.05, 3.63) is 28.7 Å². The fourth-order valence-corrected chi connectivity index (χ4v) is 1.15. The highest BCUT2D eigenvalue weighted by Crippen LogP contribution is 2.17.